The number of benzene rings is 1. The summed E-state index contributed by atoms with van der Waals surface area (Å²) in [6, 6.07) is 10.5. The summed E-state index contributed by atoms with van der Waals surface area (Å²) in [5.74, 6) is 0.372. The van der Waals surface area contributed by atoms with Crippen LogP contribution in [0.25, 0.3) is 0 Å². The van der Waals surface area contributed by atoms with Crippen molar-refractivity contribution in [2.75, 3.05) is 13.2 Å². The fourth-order valence-corrected chi connectivity index (χ4v) is 3.57. The molecule has 4 rings (SSSR count). The third-order valence-electron chi connectivity index (χ3n) is 5.16. The van der Waals surface area contributed by atoms with Gasteiger partial charge in [-0.3, -0.25) is 14.9 Å². The van der Waals surface area contributed by atoms with Gasteiger partial charge in [0.25, 0.3) is 0 Å². The Labute approximate surface area is 178 Å². The molecule has 2 aromatic heterocycles. The zero-order valence-corrected chi connectivity index (χ0v) is 16.9. The average Bonchev–Trinajstić information content (AvgIpc) is 3.15. The van der Waals surface area contributed by atoms with Crippen LogP contribution in [0.5, 0.6) is 5.75 Å². The maximum Gasteiger partial charge on any atom is 0.416 e. The van der Waals surface area contributed by atoms with E-state index >= 15 is 0 Å². The van der Waals surface area contributed by atoms with Crippen LogP contribution in [0.1, 0.15) is 28.5 Å². The molecule has 0 spiro atoms. The van der Waals surface area contributed by atoms with Crippen molar-refractivity contribution >= 4 is 0 Å². The van der Waals surface area contributed by atoms with Crippen molar-refractivity contribution in [1.82, 2.24) is 14.9 Å². The van der Waals surface area contributed by atoms with Gasteiger partial charge in [0.2, 0.25) is 0 Å². The summed E-state index contributed by atoms with van der Waals surface area (Å²) in [5.41, 5.74) is 2.40. The molecule has 1 aliphatic heterocycles. The number of nitrogens with zero attached hydrogens (tertiary/aromatic N) is 3. The number of alkyl halides is 3. The Morgan fingerprint density at radius 2 is 1.84 bits per heavy atom. The van der Waals surface area contributed by atoms with E-state index in [0.29, 0.717) is 18.8 Å². The third-order valence-corrected chi connectivity index (χ3v) is 5.16. The Hall–Kier alpha value is -2.97. The molecule has 0 N–H and O–H groups in total. The number of pyridine rings is 2. The summed E-state index contributed by atoms with van der Waals surface area (Å²) in [6.07, 6.45) is 2.18. The Kier molecular flexibility index (Phi) is 6.20. The number of aromatic nitrogens is 2. The molecule has 2 unspecified atom stereocenters. The van der Waals surface area contributed by atoms with Gasteiger partial charge in [-0.2, -0.15) is 13.2 Å². The normalized spacial score (nSPS) is 19.5. The standard InChI is InChI=1S/C23H22F3N3O2/c1-16-8-10-28-12-21(16)22-29(13-17-3-2-9-27-11-17)14-20(31-22)15-30-19-6-4-18(5-7-19)23(24,25)26/h2-12,20,22H,13-15H2,1H3. The van der Waals surface area contributed by atoms with Crippen molar-refractivity contribution in [3.63, 3.8) is 0 Å². The van der Waals surface area contributed by atoms with Crippen LogP contribution in [-0.2, 0) is 17.5 Å². The first-order valence-electron chi connectivity index (χ1n) is 9.89. The first-order valence-corrected chi connectivity index (χ1v) is 9.89. The van der Waals surface area contributed by atoms with E-state index in [0.717, 1.165) is 28.8 Å². The zero-order chi connectivity index (χ0) is 21.8. The van der Waals surface area contributed by atoms with Gasteiger partial charge in [0.05, 0.1) is 5.56 Å². The van der Waals surface area contributed by atoms with Crippen LogP contribution in [0.15, 0.2) is 67.3 Å². The molecule has 2 atom stereocenters. The molecule has 162 valence electrons. The fraction of sp³-hybridized carbons (Fsp3) is 0.304. The average molecular weight is 429 g/mol. The van der Waals surface area contributed by atoms with Crippen molar-refractivity contribution < 1.29 is 22.6 Å². The molecule has 3 heterocycles. The lowest BCUT2D eigenvalue weighted by Crippen LogP contribution is -2.26. The molecule has 1 aliphatic rings. The highest BCUT2D eigenvalue weighted by Crippen LogP contribution is 2.34. The summed E-state index contributed by atoms with van der Waals surface area (Å²) in [5, 5.41) is 0. The van der Waals surface area contributed by atoms with Crippen molar-refractivity contribution in [2.45, 2.75) is 32.0 Å². The maximum atomic E-state index is 12.7. The smallest absolute Gasteiger partial charge is 0.416 e. The highest BCUT2D eigenvalue weighted by atomic mass is 19.4. The molecule has 31 heavy (non-hydrogen) atoms. The molecule has 0 amide bonds. The third kappa shape index (κ3) is 5.21. The fourth-order valence-electron chi connectivity index (χ4n) is 3.57. The summed E-state index contributed by atoms with van der Waals surface area (Å²) < 4.78 is 50.2. The summed E-state index contributed by atoms with van der Waals surface area (Å²) in [7, 11) is 0. The van der Waals surface area contributed by atoms with Crippen molar-refractivity contribution in [2.24, 2.45) is 0 Å². The van der Waals surface area contributed by atoms with Gasteiger partial charge in [-0.15, -0.1) is 0 Å². The number of hydrogen-bond donors (Lipinski definition) is 0. The van der Waals surface area contributed by atoms with Crippen LogP contribution >= 0.6 is 0 Å². The molecule has 3 aromatic rings. The molecule has 0 saturated carbocycles. The lowest BCUT2D eigenvalue weighted by atomic mass is 10.1. The predicted molar refractivity (Wildman–Crippen MR) is 108 cm³/mol. The van der Waals surface area contributed by atoms with E-state index in [4.69, 9.17) is 9.47 Å². The van der Waals surface area contributed by atoms with Crippen LogP contribution in [0, 0.1) is 6.92 Å². The molecule has 0 aliphatic carbocycles. The second-order valence-electron chi connectivity index (χ2n) is 7.47. The minimum Gasteiger partial charge on any atom is -0.491 e. The first-order chi connectivity index (χ1) is 14.9. The Bertz CT molecular complexity index is 997. The van der Waals surface area contributed by atoms with Gasteiger partial charge < -0.3 is 9.47 Å². The van der Waals surface area contributed by atoms with E-state index in [1.807, 2.05) is 31.3 Å². The molecular formula is C23H22F3N3O2. The van der Waals surface area contributed by atoms with Crippen molar-refractivity contribution in [1.29, 1.82) is 0 Å². The van der Waals surface area contributed by atoms with Gasteiger partial charge in [-0.25, -0.2) is 0 Å². The van der Waals surface area contributed by atoms with Gasteiger partial charge >= 0.3 is 6.18 Å². The summed E-state index contributed by atoms with van der Waals surface area (Å²) in [6.45, 7) is 3.48. The van der Waals surface area contributed by atoms with Gasteiger partial charge in [-0.1, -0.05) is 6.07 Å². The monoisotopic (exact) mass is 429 g/mol. The number of halogens is 3. The Balaban J connectivity index is 1.46. The minimum absolute atomic E-state index is 0.227. The lowest BCUT2D eigenvalue weighted by Gasteiger charge is -2.23. The van der Waals surface area contributed by atoms with Crippen LogP contribution in [-0.4, -0.2) is 34.1 Å². The second-order valence-corrected chi connectivity index (χ2v) is 7.47. The molecule has 1 fully saturated rings. The van der Waals surface area contributed by atoms with Gasteiger partial charge in [0, 0.05) is 43.4 Å². The van der Waals surface area contributed by atoms with Gasteiger partial charge in [0.15, 0.2) is 0 Å². The molecule has 1 aromatic carbocycles. The van der Waals surface area contributed by atoms with Crippen LogP contribution in [0.3, 0.4) is 0 Å². The molecule has 0 radical (unpaired) electrons. The number of ether oxygens (including phenoxy) is 2. The molecule has 8 heteroatoms. The lowest BCUT2D eigenvalue weighted by molar-refractivity contribution is -0.137. The van der Waals surface area contributed by atoms with Crippen LogP contribution in [0.2, 0.25) is 0 Å². The van der Waals surface area contributed by atoms with E-state index in [-0.39, 0.29) is 18.9 Å². The van der Waals surface area contributed by atoms with E-state index in [1.165, 1.54) is 12.1 Å². The van der Waals surface area contributed by atoms with E-state index in [9.17, 15) is 13.2 Å². The number of rotatable bonds is 6. The minimum atomic E-state index is -4.37. The first kappa shape index (κ1) is 21.3. The quantitative estimate of drug-likeness (QED) is 0.564. The Morgan fingerprint density at radius 1 is 1.06 bits per heavy atom. The predicted octanol–water partition coefficient (Wildman–Crippen LogP) is 4.78. The topological polar surface area (TPSA) is 47.5 Å². The van der Waals surface area contributed by atoms with E-state index < -0.39 is 11.7 Å². The second kappa shape index (κ2) is 9.03. The molecule has 0 bridgehead atoms. The maximum absolute atomic E-state index is 12.7. The summed E-state index contributed by atoms with van der Waals surface area (Å²) in [4.78, 5) is 10.6. The van der Waals surface area contributed by atoms with Crippen LogP contribution in [0.4, 0.5) is 13.2 Å². The largest absolute Gasteiger partial charge is 0.491 e. The molecular weight excluding hydrogens is 407 g/mol. The molecule has 5 nitrogen and oxygen atoms in total. The molecule has 1 saturated heterocycles. The van der Waals surface area contributed by atoms with Crippen LogP contribution < -0.4 is 4.74 Å². The Morgan fingerprint density at radius 3 is 2.52 bits per heavy atom. The zero-order valence-electron chi connectivity index (χ0n) is 16.9. The van der Waals surface area contributed by atoms with Crippen molar-refractivity contribution in [3.8, 4) is 5.75 Å². The highest BCUT2D eigenvalue weighted by molar-refractivity contribution is 5.29. The number of aryl methyl sites for hydroxylation is 1. The number of hydrogen-bond acceptors (Lipinski definition) is 5. The van der Waals surface area contributed by atoms with Gasteiger partial charge in [-0.05, 0) is 54.4 Å². The highest BCUT2D eigenvalue weighted by Gasteiger charge is 2.35. The SMILES string of the molecule is Cc1ccncc1C1OC(COc2ccc(C(F)(F)F)cc2)CN1Cc1cccnc1. The van der Waals surface area contributed by atoms with Gasteiger partial charge in [0.1, 0.15) is 24.7 Å². The van der Waals surface area contributed by atoms with E-state index in [2.05, 4.69) is 14.9 Å². The van der Waals surface area contributed by atoms with Crippen molar-refractivity contribution in [3.05, 3.63) is 89.5 Å². The summed E-state index contributed by atoms with van der Waals surface area (Å²) >= 11 is 0. The van der Waals surface area contributed by atoms with E-state index in [1.54, 1.807) is 18.6 Å².